The molecule has 150 valence electrons. The Labute approximate surface area is 179 Å². The van der Waals surface area contributed by atoms with Gasteiger partial charge in [-0.2, -0.15) is 0 Å². The van der Waals surface area contributed by atoms with Crippen molar-refractivity contribution in [2.24, 2.45) is 5.92 Å². The van der Waals surface area contributed by atoms with Crippen LogP contribution in [0.3, 0.4) is 0 Å². The summed E-state index contributed by atoms with van der Waals surface area (Å²) in [7, 11) is 0. The summed E-state index contributed by atoms with van der Waals surface area (Å²) in [6.07, 6.45) is -0.877. The quantitative estimate of drug-likeness (QED) is 0.578. The van der Waals surface area contributed by atoms with Gasteiger partial charge in [0.2, 0.25) is 5.91 Å². The van der Waals surface area contributed by atoms with Crippen molar-refractivity contribution in [1.29, 1.82) is 0 Å². The Bertz CT molecular complexity index is 1120. The topological polar surface area (TPSA) is 49.9 Å². The molecule has 5 rings (SSSR count). The van der Waals surface area contributed by atoms with Crippen LogP contribution in [-0.2, 0) is 14.4 Å². The van der Waals surface area contributed by atoms with Crippen LogP contribution in [0, 0.1) is 12.8 Å². The van der Waals surface area contributed by atoms with E-state index in [-0.39, 0.29) is 11.8 Å². The zero-order valence-corrected chi connectivity index (χ0v) is 17.0. The second-order valence-electron chi connectivity index (χ2n) is 7.50. The zero-order chi connectivity index (χ0) is 20.8. The number of nitrogens with zero attached hydrogens (tertiary/aromatic N) is 2. The molecule has 0 unspecified atom stereocenters. The molecule has 2 fully saturated rings. The highest BCUT2D eigenvalue weighted by Crippen LogP contribution is 2.48. The summed E-state index contributed by atoms with van der Waals surface area (Å²) in [5.74, 6) is -1.27. The molecule has 30 heavy (non-hydrogen) atoms. The molecule has 0 saturated carbocycles. The van der Waals surface area contributed by atoms with E-state index in [4.69, 9.17) is 16.4 Å². The first-order valence-corrected chi connectivity index (χ1v) is 10.1. The first-order valence-electron chi connectivity index (χ1n) is 9.76. The highest BCUT2D eigenvalue weighted by atomic mass is 35.5. The van der Waals surface area contributed by atoms with Crippen molar-refractivity contribution in [1.82, 2.24) is 0 Å². The summed E-state index contributed by atoms with van der Waals surface area (Å²) in [6.45, 7) is 2.00. The zero-order valence-electron chi connectivity index (χ0n) is 16.2. The lowest BCUT2D eigenvalue weighted by Crippen LogP contribution is -2.37. The summed E-state index contributed by atoms with van der Waals surface area (Å²) in [5.41, 5.74) is 3.31. The number of imide groups is 1. The van der Waals surface area contributed by atoms with Crippen LogP contribution >= 0.6 is 11.6 Å². The van der Waals surface area contributed by atoms with Crippen LogP contribution in [-0.4, -0.2) is 17.9 Å². The number of carbonyl (C=O) groups is 2. The average Bonchev–Trinajstić information content (AvgIpc) is 3.26. The van der Waals surface area contributed by atoms with Crippen LogP contribution in [0.4, 0.5) is 11.4 Å². The molecule has 0 aliphatic carbocycles. The predicted octanol–water partition coefficient (Wildman–Crippen LogP) is 4.70. The highest BCUT2D eigenvalue weighted by Gasteiger charge is 2.60. The lowest BCUT2D eigenvalue weighted by Gasteiger charge is -2.29. The second-order valence-corrected chi connectivity index (χ2v) is 7.94. The van der Waals surface area contributed by atoms with Gasteiger partial charge in [-0.3, -0.25) is 14.4 Å². The maximum atomic E-state index is 13.5. The number of rotatable bonds is 3. The summed E-state index contributed by atoms with van der Waals surface area (Å²) in [5, 5.41) is 2.26. The number of hydroxylamine groups is 1. The predicted molar refractivity (Wildman–Crippen MR) is 115 cm³/mol. The van der Waals surface area contributed by atoms with Gasteiger partial charge in [0.1, 0.15) is 5.92 Å². The number of anilines is 2. The molecule has 0 radical (unpaired) electrons. The van der Waals surface area contributed by atoms with Gasteiger partial charge in [-0.25, -0.2) is 9.96 Å². The third kappa shape index (κ3) is 2.90. The third-order valence-corrected chi connectivity index (χ3v) is 5.97. The van der Waals surface area contributed by atoms with E-state index in [9.17, 15) is 9.59 Å². The molecular formula is C24H19ClN2O3. The molecule has 2 heterocycles. The fourth-order valence-corrected chi connectivity index (χ4v) is 4.42. The normalized spacial score (nSPS) is 23.2. The van der Waals surface area contributed by atoms with Gasteiger partial charge >= 0.3 is 0 Å². The fourth-order valence-electron chi connectivity index (χ4n) is 4.29. The number of halogens is 1. The van der Waals surface area contributed by atoms with E-state index in [1.165, 1.54) is 4.90 Å². The van der Waals surface area contributed by atoms with Crippen LogP contribution in [0.1, 0.15) is 17.2 Å². The van der Waals surface area contributed by atoms with Gasteiger partial charge in [-0.1, -0.05) is 54.1 Å². The summed E-state index contributed by atoms with van der Waals surface area (Å²) < 4.78 is 0. The van der Waals surface area contributed by atoms with Crippen molar-refractivity contribution in [2.45, 2.75) is 19.1 Å². The lowest BCUT2D eigenvalue weighted by molar-refractivity contribution is -0.126. The number of aryl methyl sites for hydroxylation is 1. The Morgan fingerprint density at radius 3 is 2.17 bits per heavy atom. The monoisotopic (exact) mass is 418 g/mol. The number of fused-ring (bicyclic) bond motifs is 1. The maximum absolute atomic E-state index is 13.5. The van der Waals surface area contributed by atoms with Crippen molar-refractivity contribution >= 4 is 34.8 Å². The molecule has 6 heteroatoms. The smallest absolute Gasteiger partial charge is 0.266 e. The van der Waals surface area contributed by atoms with Gasteiger partial charge in [0.05, 0.1) is 17.4 Å². The van der Waals surface area contributed by atoms with Crippen molar-refractivity contribution in [3.8, 4) is 0 Å². The molecule has 3 aromatic rings. The van der Waals surface area contributed by atoms with Gasteiger partial charge in [0.25, 0.3) is 5.91 Å². The minimum atomic E-state index is -0.877. The van der Waals surface area contributed by atoms with Crippen LogP contribution < -0.4 is 9.96 Å². The number of benzene rings is 3. The molecule has 0 N–H and O–H groups in total. The molecule has 5 nitrogen and oxygen atoms in total. The number of hydrogen-bond acceptors (Lipinski definition) is 4. The molecule has 2 amide bonds. The van der Waals surface area contributed by atoms with E-state index in [1.807, 2.05) is 61.5 Å². The van der Waals surface area contributed by atoms with Crippen LogP contribution in [0.25, 0.3) is 0 Å². The van der Waals surface area contributed by atoms with Crippen molar-refractivity contribution in [3.63, 3.8) is 0 Å². The van der Waals surface area contributed by atoms with Crippen LogP contribution in [0.15, 0.2) is 78.9 Å². The van der Waals surface area contributed by atoms with Gasteiger partial charge in [-0.05, 0) is 54.4 Å². The van der Waals surface area contributed by atoms with Gasteiger partial charge in [-0.15, -0.1) is 0 Å². The molecule has 0 spiro atoms. The van der Waals surface area contributed by atoms with E-state index in [1.54, 1.807) is 29.3 Å². The molecule has 3 atom stereocenters. The standard InChI is InChI=1S/C24H19ClN2O3/c1-15-7-5-6-10-19(15)21-20-22(30-27(21)18-8-3-2-4-9-18)24(29)26(23(20)28)17-13-11-16(25)12-14-17/h2-14,20-22H,1H3/t20-,21-,22+/m0/s1. The molecule has 2 aliphatic rings. The first-order chi connectivity index (χ1) is 14.6. The molecule has 0 aromatic heterocycles. The Kier molecular flexibility index (Phi) is 4.57. The molecular weight excluding hydrogens is 400 g/mol. The SMILES string of the molecule is Cc1ccccc1[C@H]1[C@@H]2C(=O)N(c3ccc(Cl)cc3)C(=O)[C@@H]2ON1c1ccccc1. The second kappa shape index (κ2) is 7.27. The fraction of sp³-hybridized carbons (Fsp3) is 0.167. The maximum Gasteiger partial charge on any atom is 0.266 e. The Morgan fingerprint density at radius 2 is 1.47 bits per heavy atom. The largest absolute Gasteiger partial charge is 0.273 e. The van der Waals surface area contributed by atoms with E-state index in [2.05, 4.69) is 0 Å². The van der Waals surface area contributed by atoms with Gasteiger partial charge < -0.3 is 0 Å². The molecule has 2 aliphatic heterocycles. The summed E-state index contributed by atoms with van der Waals surface area (Å²) in [4.78, 5) is 34.1. The number of hydrogen-bond donors (Lipinski definition) is 0. The van der Waals surface area contributed by atoms with Gasteiger partial charge in [0.15, 0.2) is 6.10 Å². The van der Waals surface area contributed by atoms with E-state index in [0.29, 0.717) is 10.7 Å². The van der Waals surface area contributed by atoms with E-state index < -0.39 is 18.1 Å². The Balaban J connectivity index is 1.60. The Morgan fingerprint density at radius 1 is 0.800 bits per heavy atom. The Hall–Kier alpha value is -3.15. The van der Waals surface area contributed by atoms with E-state index in [0.717, 1.165) is 16.8 Å². The number of para-hydroxylation sites is 1. The van der Waals surface area contributed by atoms with Crippen LogP contribution in [0.5, 0.6) is 0 Å². The van der Waals surface area contributed by atoms with Crippen molar-refractivity contribution in [3.05, 3.63) is 95.0 Å². The van der Waals surface area contributed by atoms with Gasteiger partial charge in [0, 0.05) is 5.02 Å². The summed E-state index contributed by atoms with van der Waals surface area (Å²) >= 11 is 5.97. The first kappa shape index (κ1) is 18.9. The van der Waals surface area contributed by atoms with Crippen molar-refractivity contribution < 1.29 is 14.4 Å². The molecule has 0 bridgehead atoms. The number of amides is 2. The average molecular weight is 419 g/mol. The number of carbonyl (C=O) groups excluding carboxylic acids is 2. The van der Waals surface area contributed by atoms with Crippen LogP contribution in [0.2, 0.25) is 5.02 Å². The third-order valence-electron chi connectivity index (χ3n) is 5.72. The molecule has 2 saturated heterocycles. The van der Waals surface area contributed by atoms with E-state index >= 15 is 0 Å². The molecule has 3 aromatic carbocycles. The lowest BCUT2D eigenvalue weighted by atomic mass is 9.88. The van der Waals surface area contributed by atoms with Crippen molar-refractivity contribution in [2.75, 3.05) is 9.96 Å². The minimum absolute atomic E-state index is 0.265. The minimum Gasteiger partial charge on any atom is -0.273 e. The highest BCUT2D eigenvalue weighted by molar-refractivity contribution is 6.31. The summed E-state index contributed by atoms with van der Waals surface area (Å²) in [6, 6.07) is 23.7.